The minimum Gasteiger partial charge on any atom is -0.352 e. The molecule has 6 nitrogen and oxygen atoms in total. The normalized spacial score (nSPS) is 12.7. The standard InChI is InChI=1S/C25H22FN5O/c1-31(15-20(32)10-16-9-19(26)14-27-12-16)25-21-7-4-8-22(21)29-24(30-25)23-11-17-5-2-3-6-18(17)13-28-23/h2-3,5-6,9,11-14H,4,7-8,10,15H2,1H3. The highest BCUT2D eigenvalue weighted by molar-refractivity contribution is 5.86. The van der Waals surface area contributed by atoms with Crippen LogP contribution >= 0.6 is 0 Å². The van der Waals surface area contributed by atoms with Crippen LogP contribution in [0.3, 0.4) is 0 Å². The largest absolute Gasteiger partial charge is 0.352 e. The fourth-order valence-corrected chi connectivity index (χ4v) is 4.22. The van der Waals surface area contributed by atoms with Crippen molar-refractivity contribution in [1.82, 2.24) is 19.9 Å². The van der Waals surface area contributed by atoms with E-state index < -0.39 is 5.82 Å². The van der Waals surface area contributed by atoms with Gasteiger partial charge < -0.3 is 4.90 Å². The van der Waals surface area contributed by atoms with E-state index in [1.807, 2.05) is 48.5 Å². The second kappa shape index (κ2) is 8.42. The lowest BCUT2D eigenvalue weighted by atomic mass is 10.1. The van der Waals surface area contributed by atoms with Crippen molar-refractivity contribution in [1.29, 1.82) is 0 Å². The number of fused-ring (bicyclic) bond motifs is 2. The van der Waals surface area contributed by atoms with Crippen molar-refractivity contribution in [3.63, 3.8) is 0 Å². The Hall–Kier alpha value is -3.74. The Bertz CT molecular complexity index is 1320. The number of ketones is 1. The molecule has 3 heterocycles. The van der Waals surface area contributed by atoms with Gasteiger partial charge in [-0.15, -0.1) is 0 Å². The number of hydrogen-bond donors (Lipinski definition) is 0. The fraction of sp³-hybridized carbons (Fsp3) is 0.240. The number of benzene rings is 1. The number of nitrogens with zero attached hydrogens (tertiary/aromatic N) is 5. The van der Waals surface area contributed by atoms with E-state index in [9.17, 15) is 9.18 Å². The lowest BCUT2D eigenvalue weighted by Crippen LogP contribution is -2.29. The number of anilines is 1. The molecular weight excluding hydrogens is 405 g/mol. The zero-order valence-electron chi connectivity index (χ0n) is 17.8. The van der Waals surface area contributed by atoms with Crippen LogP contribution in [0.15, 0.2) is 55.0 Å². The van der Waals surface area contributed by atoms with Crippen LogP contribution in [0.5, 0.6) is 0 Å². The summed E-state index contributed by atoms with van der Waals surface area (Å²) < 4.78 is 13.4. The minimum atomic E-state index is -0.440. The Kier molecular flexibility index (Phi) is 5.31. The first-order valence-electron chi connectivity index (χ1n) is 10.6. The van der Waals surface area contributed by atoms with E-state index >= 15 is 0 Å². The van der Waals surface area contributed by atoms with E-state index in [-0.39, 0.29) is 18.7 Å². The Morgan fingerprint density at radius 1 is 1.06 bits per heavy atom. The van der Waals surface area contributed by atoms with Crippen LogP contribution < -0.4 is 4.90 Å². The molecule has 0 fully saturated rings. The molecule has 4 aromatic rings. The first-order valence-corrected chi connectivity index (χ1v) is 10.6. The van der Waals surface area contributed by atoms with Crippen LogP contribution in [0.2, 0.25) is 0 Å². The number of aryl methyl sites for hydroxylation is 1. The molecule has 1 aliphatic carbocycles. The van der Waals surface area contributed by atoms with Crippen LogP contribution in [0.25, 0.3) is 22.3 Å². The second-order valence-corrected chi connectivity index (χ2v) is 8.15. The summed E-state index contributed by atoms with van der Waals surface area (Å²) in [6, 6.07) is 11.4. The topological polar surface area (TPSA) is 71.9 Å². The van der Waals surface area contributed by atoms with E-state index in [0.29, 0.717) is 17.1 Å². The monoisotopic (exact) mass is 427 g/mol. The lowest BCUT2D eigenvalue weighted by Gasteiger charge is -2.21. The van der Waals surface area contributed by atoms with Gasteiger partial charge in [-0.1, -0.05) is 24.3 Å². The predicted molar refractivity (Wildman–Crippen MR) is 121 cm³/mol. The molecule has 0 unspecified atom stereocenters. The molecule has 0 aliphatic heterocycles. The van der Waals surface area contributed by atoms with E-state index in [1.165, 1.54) is 12.3 Å². The third-order valence-corrected chi connectivity index (χ3v) is 5.71. The molecule has 0 bridgehead atoms. The molecule has 1 aliphatic rings. The number of likely N-dealkylation sites (N-methyl/N-ethyl adjacent to an activating group) is 1. The van der Waals surface area contributed by atoms with Crippen molar-refractivity contribution in [3.05, 3.63) is 77.6 Å². The summed E-state index contributed by atoms with van der Waals surface area (Å²) in [6.45, 7) is 0.171. The maximum absolute atomic E-state index is 13.4. The molecule has 3 aromatic heterocycles. The molecule has 0 saturated carbocycles. The summed E-state index contributed by atoms with van der Waals surface area (Å²) in [7, 11) is 1.86. The van der Waals surface area contributed by atoms with Gasteiger partial charge in [-0.05, 0) is 42.3 Å². The summed E-state index contributed by atoms with van der Waals surface area (Å²) in [5.41, 5.74) is 3.40. The number of hydrogen-bond acceptors (Lipinski definition) is 6. The minimum absolute atomic E-state index is 0.0318. The average Bonchev–Trinajstić information content (AvgIpc) is 3.26. The van der Waals surface area contributed by atoms with E-state index in [0.717, 1.165) is 53.3 Å². The zero-order chi connectivity index (χ0) is 22.1. The van der Waals surface area contributed by atoms with E-state index in [2.05, 4.69) is 9.97 Å². The van der Waals surface area contributed by atoms with Crippen LogP contribution in [-0.2, 0) is 24.1 Å². The van der Waals surface area contributed by atoms with Gasteiger partial charge in [0.1, 0.15) is 17.3 Å². The first-order chi connectivity index (χ1) is 15.6. The zero-order valence-corrected chi connectivity index (χ0v) is 17.8. The van der Waals surface area contributed by atoms with Gasteiger partial charge in [0.15, 0.2) is 11.6 Å². The Morgan fingerprint density at radius 2 is 1.91 bits per heavy atom. The Balaban J connectivity index is 1.44. The van der Waals surface area contributed by atoms with Crippen LogP contribution in [0.1, 0.15) is 23.2 Å². The van der Waals surface area contributed by atoms with Crippen LogP contribution in [0, 0.1) is 5.82 Å². The van der Waals surface area contributed by atoms with Gasteiger partial charge in [0.05, 0.1) is 12.7 Å². The van der Waals surface area contributed by atoms with Gasteiger partial charge in [-0.25, -0.2) is 14.4 Å². The van der Waals surface area contributed by atoms with Gasteiger partial charge in [-0.3, -0.25) is 14.8 Å². The maximum Gasteiger partial charge on any atom is 0.180 e. The molecular formula is C25H22FN5O. The lowest BCUT2D eigenvalue weighted by molar-refractivity contribution is -0.117. The van der Waals surface area contributed by atoms with Crippen LogP contribution in [0.4, 0.5) is 10.2 Å². The van der Waals surface area contributed by atoms with Gasteiger partial charge >= 0.3 is 0 Å². The third kappa shape index (κ3) is 4.06. The van der Waals surface area contributed by atoms with E-state index in [4.69, 9.17) is 9.97 Å². The molecule has 0 saturated heterocycles. The van der Waals surface area contributed by atoms with Crippen molar-refractivity contribution in [2.24, 2.45) is 0 Å². The highest BCUT2D eigenvalue weighted by Crippen LogP contribution is 2.31. The summed E-state index contributed by atoms with van der Waals surface area (Å²) in [5, 5.41) is 2.14. The van der Waals surface area contributed by atoms with Gasteiger partial charge in [0.25, 0.3) is 0 Å². The molecule has 160 valence electrons. The van der Waals surface area contributed by atoms with Gasteiger partial charge in [0, 0.05) is 42.5 Å². The number of pyridine rings is 2. The number of carbonyl (C=O) groups is 1. The number of halogens is 1. The first kappa shape index (κ1) is 20.2. The molecule has 0 amide bonds. The smallest absolute Gasteiger partial charge is 0.180 e. The fourth-order valence-electron chi connectivity index (χ4n) is 4.22. The maximum atomic E-state index is 13.4. The van der Waals surface area contributed by atoms with Crippen molar-refractivity contribution >= 4 is 22.4 Å². The van der Waals surface area contributed by atoms with Gasteiger partial charge in [0.2, 0.25) is 0 Å². The number of Topliss-reactive ketones (excluding diaryl/α,β-unsaturated/α-hetero) is 1. The Morgan fingerprint density at radius 3 is 2.75 bits per heavy atom. The highest BCUT2D eigenvalue weighted by atomic mass is 19.1. The van der Waals surface area contributed by atoms with Crippen molar-refractivity contribution < 1.29 is 9.18 Å². The highest BCUT2D eigenvalue weighted by Gasteiger charge is 2.23. The van der Waals surface area contributed by atoms with E-state index in [1.54, 1.807) is 0 Å². The van der Waals surface area contributed by atoms with Crippen LogP contribution in [-0.4, -0.2) is 39.3 Å². The molecule has 0 spiro atoms. The third-order valence-electron chi connectivity index (χ3n) is 5.71. The second-order valence-electron chi connectivity index (χ2n) is 8.15. The number of aromatic nitrogens is 4. The van der Waals surface area contributed by atoms with Crippen molar-refractivity contribution in [2.75, 3.05) is 18.5 Å². The SMILES string of the molecule is CN(CC(=O)Cc1cncc(F)c1)c1nc(-c2cc3ccccc3cn2)nc2c1CCC2. The molecule has 32 heavy (non-hydrogen) atoms. The quantitative estimate of drug-likeness (QED) is 0.464. The molecule has 7 heteroatoms. The molecule has 5 rings (SSSR count). The van der Waals surface area contributed by atoms with Crippen molar-refractivity contribution in [2.45, 2.75) is 25.7 Å². The summed E-state index contributed by atoms with van der Waals surface area (Å²) in [5.74, 6) is 0.864. The average molecular weight is 427 g/mol. The number of carbonyl (C=O) groups excluding carboxylic acids is 1. The van der Waals surface area contributed by atoms with Gasteiger partial charge in [-0.2, -0.15) is 0 Å². The summed E-state index contributed by atoms with van der Waals surface area (Å²) >= 11 is 0. The molecule has 1 aromatic carbocycles. The predicted octanol–water partition coefficient (Wildman–Crippen LogP) is 3.96. The summed E-state index contributed by atoms with van der Waals surface area (Å²) in [4.78, 5) is 32.5. The Labute approximate surface area is 185 Å². The molecule has 0 N–H and O–H groups in total. The van der Waals surface area contributed by atoms with Crippen molar-refractivity contribution in [3.8, 4) is 11.5 Å². The summed E-state index contributed by atoms with van der Waals surface area (Å²) in [6.07, 6.45) is 7.41. The molecule has 0 atom stereocenters. The molecule has 0 radical (unpaired) electrons. The number of rotatable bonds is 6.